The van der Waals surface area contributed by atoms with Gasteiger partial charge >= 0.3 is 0 Å². The van der Waals surface area contributed by atoms with Crippen LogP contribution in [0, 0.1) is 18.3 Å². The monoisotopic (exact) mass is 400 g/mol. The number of carbonyl (C=O) groups excluding carboxylic acids is 1. The van der Waals surface area contributed by atoms with E-state index in [2.05, 4.69) is 71.4 Å². The summed E-state index contributed by atoms with van der Waals surface area (Å²) in [6.07, 6.45) is 10.1. The van der Waals surface area contributed by atoms with Crippen molar-refractivity contribution in [1.29, 1.82) is 0 Å². The highest BCUT2D eigenvalue weighted by Crippen LogP contribution is 2.26. The SMILES string of the molecule is CC[C@H](CC/C=C/C(=O)c1cnc(/C=C(\C)C(C)(C)C)c(C)n1)COC(C)(C)C. The zero-order chi connectivity index (χ0) is 22.2. The van der Waals surface area contributed by atoms with E-state index in [-0.39, 0.29) is 16.8 Å². The topological polar surface area (TPSA) is 52.1 Å². The molecule has 0 fully saturated rings. The molecular weight excluding hydrogens is 360 g/mol. The van der Waals surface area contributed by atoms with Gasteiger partial charge in [-0.3, -0.25) is 9.78 Å². The molecule has 1 atom stereocenters. The zero-order valence-corrected chi connectivity index (χ0v) is 19.9. The molecule has 29 heavy (non-hydrogen) atoms. The number of hydrogen-bond acceptors (Lipinski definition) is 4. The first-order valence-corrected chi connectivity index (χ1v) is 10.7. The second kappa shape index (κ2) is 10.8. The van der Waals surface area contributed by atoms with Crippen LogP contribution in [0.25, 0.3) is 6.08 Å². The second-order valence-electron chi connectivity index (χ2n) is 9.84. The van der Waals surface area contributed by atoms with Gasteiger partial charge in [0.05, 0.1) is 29.8 Å². The van der Waals surface area contributed by atoms with E-state index in [9.17, 15) is 4.79 Å². The maximum Gasteiger partial charge on any atom is 0.205 e. The first kappa shape index (κ1) is 25.2. The Morgan fingerprint density at radius 1 is 1.21 bits per heavy atom. The number of hydrogen-bond donors (Lipinski definition) is 0. The van der Waals surface area contributed by atoms with Gasteiger partial charge in [0.2, 0.25) is 5.78 Å². The van der Waals surface area contributed by atoms with E-state index in [1.54, 1.807) is 12.3 Å². The van der Waals surface area contributed by atoms with Crippen LogP contribution in [-0.4, -0.2) is 28.0 Å². The van der Waals surface area contributed by atoms with E-state index in [1.165, 1.54) is 5.57 Å². The summed E-state index contributed by atoms with van der Waals surface area (Å²) in [5.41, 5.74) is 3.20. The minimum Gasteiger partial charge on any atom is -0.376 e. The average Bonchev–Trinajstić information content (AvgIpc) is 2.60. The molecule has 0 saturated heterocycles. The number of ketones is 1. The molecule has 0 aliphatic carbocycles. The Bertz CT molecular complexity index is 734. The van der Waals surface area contributed by atoms with Crippen LogP contribution in [0.3, 0.4) is 0 Å². The number of aromatic nitrogens is 2. The van der Waals surface area contributed by atoms with Gasteiger partial charge in [-0.1, -0.05) is 45.8 Å². The van der Waals surface area contributed by atoms with Crippen LogP contribution in [-0.2, 0) is 4.74 Å². The molecule has 1 aromatic heterocycles. The summed E-state index contributed by atoms with van der Waals surface area (Å²) in [4.78, 5) is 21.4. The van der Waals surface area contributed by atoms with Crippen molar-refractivity contribution < 1.29 is 9.53 Å². The first-order valence-electron chi connectivity index (χ1n) is 10.7. The third-order valence-corrected chi connectivity index (χ3v) is 5.11. The third-order valence-electron chi connectivity index (χ3n) is 5.11. The van der Waals surface area contributed by atoms with Gasteiger partial charge in [-0.25, -0.2) is 4.98 Å². The van der Waals surface area contributed by atoms with E-state index >= 15 is 0 Å². The molecule has 0 amide bonds. The van der Waals surface area contributed by atoms with E-state index in [1.807, 2.05) is 13.0 Å². The molecule has 0 aromatic carbocycles. The van der Waals surface area contributed by atoms with Crippen LogP contribution in [0.15, 0.2) is 23.9 Å². The standard InChI is InChI=1S/C25H40N2O2/c1-10-20(17-29-25(7,8)9)13-11-12-14-23(28)22-16-26-21(19(3)27-22)15-18(2)24(4,5)6/h12,14-16,20H,10-11,13,17H2,1-9H3/b14-12+,18-15+/t20-/m1/s1. The van der Waals surface area contributed by atoms with Crippen LogP contribution >= 0.6 is 0 Å². The minimum atomic E-state index is -0.109. The van der Waals surface area contributed by atoms with Crippen LogP contribution in [0.2, 0.25) is 0 Å². The molecule has 1 aromatic rings. The van der Waals surface area contributed by atoms with E-state index in [0.29, 0.717) is 11.6 Å². The Labute approximate surface area is 177 Å². The number of allylic oxidation sites excluding steroid dienone is 3. The Morgan fingerprint density at radius 2 is 1.86 bits per heavy atom. The Kier molecular flexibility index (Phi) is 9.41. The smallest absolute Gasteiger partial charge is 0.205 e. The second-order valence-corrected chi connectivity index (χ2v) is 9.84. The summed E-state index contributed by atoms with van der Waals surface area (Å²) in [7, 11) is 0. The Balaban J connectivity index is 2.67. The molecule has 0 radical (unpaired) electrons. The highest BCUT2D eigenvalue weighted by molar-refractivity contribution is 6.02. The lowest BCUT2D eigenvalue weighted by molar-refractivity contribution is -0.0238. The fourth-order valence-corrected chi connectivity index (χ4v) is 2.55. The van der Waals surface area contributed by atoms with Crippen molar-refractivity contribution in [2.75, 3.05) is 6.61 Å². The molecule has 4 heteroatoms. The minimum absolute atomic E-state index is 0.0830. The number of aryl methyl sites for hydroxylation is 1. The van der Waals surface area contributed by atoms with Gasteiger partial charge in [-0.05, 0) is 70.9 Å². The number of carbonyl (C=O) groups is 1. The number of ether oxygens (including phenoxy) is 1. The van der Waals surface area contributed by atoms with E-state index in [0.717, 1.165) is 37.3 Å². The molecule has 1 rings (SSSR count). The number of nitrogens with zero attached hydrogens (tertiary/aromatic N) is 2. The summed E-state index contributed by atoms with van der Waals surface area (Å²) in [6.45, 7) is 19.7. The van der Waals surface area contributed by atoms with Crippen LogP contribution in [0.4, 0.5) is 0 Å². The highest BCUT2D eigenvalue weighted by atomic mass is 16.5. The fraction of sp³-hybridized carbons (Fsp3) is 0.640. The van der Waals surface area contributed by atoms with Crippen molar-refractivity contribution in [3.8, 4) is 0 Å². The first-order chi connectivity index (χ1) is 13.3. The predicted octanol–water partition coefficient (Wildman–Crippen LogP) is 6.59. The lowest BCUT2D eigenvalue weighted by Gasteiger charge is -2.23. The van der Waals surface area contributed by atoms with Crippen molar-refractivity contribution in [2.24, 2.45) is 11.3 Å². The van der Waals surface area contributed by atoms with Gasteiger partial charge in [0.15, 0.2) is 0 Å². The van der Waals surface area contributed by atoms with Gasteiger partial charge in [-0.15, -0.1) is 0 Å². The Hall–Kier alpha value is -1.81. The van der Waals surface area contributed by atoms with E-state index < -0.39 is 0 Å². The van der Waals surface area contributed by atoms with Gasteiger partial charge in [-0.2, -0.15) is 0 Å². The maximum absolute atomic E-state index is 12.4. The molecule has 0 bridgehead atoms. The molecule has 0 N–H and O–H groups in total. The van der Waals surface area contributed by atoms with Crippen molar-refractivity contribution in [2.45, 2.75) is 87.2 Å². The zero-order valence-electron chi connectivity index (χ0n) is 19.9. The van der Waals surface area contributed by atoms with Gasteiger partial charge in [0.1, 0.15) is 5.69 Å². The maximum atomic E-state index is 12.4. The molecule has 162 valence electrons. The Morgan fingerprint density at radius 3 is 2.38 bits per heavy atom. The molecule has 0 spiro atoms. The molecule has 0 aliphatic rings. The largest absolute Gasteiger partial charge is 0.376 e. The van der Waals surface area contributed by atoms with E-state index in [4.69, 9.17) is 4.74 Å². The van der Waals surface area contributed by atoms with Crippen molar-refractivity contribution in [1.82, 2.24) is 9.97 Å². The van der Waals surface area contributed by atoms with Gasteiger partial charge < -0.3 is 4.74 Å². The van der Waals surface area contributed by atoms with Crippen molar-refractivity contribution >= 4 is 11.9 Å². The lowest BCUT2D eigenvalue weighted by atomic mass is 9.87. The molecule has 0 aliphatic heterocycles. The predicted molar refractivity (Wildman–Crippen MR) is 122 cm³/mol. The molecule has 1 heterocycles. The third kappa shape index (κ3) is 9.49. The summed E-state index contributed by atoms with van der Waals surface area (Å²) < 4.78 is 5.89. The summed E-state index contributed by atoms with van der Waals surface area (Å²) in [6, 6.07) is 0. The average molecular weight is 401 g/mol. The fourth-order valence-electron chi connectivity index (χ4n) is 2.55. The molecule has 0 unspecified atom stereocenters. The van der Waals surface area contributed by atoms with Crippen molar-refractivity contribution in [3.63, 3.8) is 0 Å². The quantitative estimate of drug-likeness (QED) is 0.346. The van der Waals surface area contributed by atoms with Crippen LogP contribution in [0.1, 0.15) is 96.5 Å². The van der Waals surface area contributed by atoms with Crippen molar-refractivity contribution in [3.05, 3.63) is 41.0 Å². The summed E-state index contributed by atoms with van der Waals surface area (Å²) in [5.74, 6) is 0.413. The van der Waals surface area contributed by atoms with Gasteiger partial charge in [0, 0.05) is 0 Å². The van der Waals surface area contributed by atoms with Gasteiger partial charge in [0.25, 0.3) is 0 Å². The van der Waals surface area contributed by atoms with Crippen LogP contribution < -0.4 is 0 Å². The lowest BCUT2D eigenvalue weighted by Crippen LogP contribution is -2.23. The summed E-state index contributed by atoms with van der Waals surface area (Å²) >= 11 is 0. The summed E-state index contributed by atoms with van der Waals surface area (Å²) in [5, 5.41) is 0. The van der Waals surface area contributed by atoms with Crippen LogP contribution in [0.5, 0.6) is 0 Å². The molecular formula is C25H40N2O2. The molecule has 4 nitrogen and oxygen atoms in total. The number of rotatable bonds is 9. The normalized spacial score (nSPS) is 14.4. The highest BCUT2D eigenvalue weighted by Gasteiger charge is 2.15. The molecule has 0 saturated carbocycles.